The highest BCUT2D eigenvalue weighted by atomic mass is 35.5. The van der Waals surface area contributed by atoms with Crippen molar-refractivity contribution in [2.45, 2.75) is 6.92 Å². The maximum atomic E-state index is 5.98. The van der Waals surface area contributed by atoms with E-state index in [4.69, 9.17) is 16.1 Å². The third kappa shape index (κ3) is 2.78. The van der Waals surface area contributed by atoms with Gasteiger partial charge in [-0.3, -0.25) is 0 Å². The maximum Gasteiger partial charge on any atom is 0.324 e. The number of hydrogen-bond donors (Lipinski definition) is 0. The molecule has 0 amide bonds. The predicted octanol–water partition coefficient (Wildman–Crippen LogP) is 2.53. The van der Waals surface area contributed by atoms with E-state index in [1.54, 1.807) is 0 Å². The molecule has 0 radical (unpaired) electrons. The first-order valence-corrected chi connectivity index (χ1v) is 7.21. The first-order valence-electron chi connectivity index (χ1n) is 6.83. The minimum Gasteiger partial charge on any atom is -0.322 e. The van der Waals surface area contributed by atoms with Crippen LogP contribution in [0.2, 0.25) is 5.02 Å². The van der Waals surface area contributed by atoms with Crippen LogP contribution in [0.3, 0.4) is 0 Å². The van der Waals surface area contributed by atoms with Gasteiger partial charge in [0, 0.05) is 36.8 Å². The van der Waals surface area contributed by atoms with E-state index in [0.717, 1.165) is 38.3 Å². The monoisotopic (exact) mass is 292 g/mol. The molecule has 1 aromatic carbocycles. The first kappa shape index (κ1) is 13.4. The van der Waals surface area contributed by atoms with Crippen molar-refractivity contribution in [3.63, 3.8) is 0 Å². The highest BCUT2D eigenvalue weighted by Gasteiger charge is 2.20. The molecule has 2 heterocycles. The van der Waals surface area contributed by atoms with Crippen molar-refractivity contribution in [3.8, 4) is 11.4 Å². The molecule has 1 fully saturated rings. The van der Waals surface area contributed by atoms with Crippen molar-refractivity contribution in [1.29, 1.82) is 0 Å². The van der Waals surface area contributed by atoms with Crippen LogP contribution >= 0.6 is 11.6 Å². The summed E-state index contributed by atoms with van der Waals surface area (Å²) in [6.45, 7) is 7.18. The van der Waals surface area contributed by atoms with Crippen molar-refractivity contribution in [2.75, 3.05) is 37.6 Å². The Hall–Kier alpha value is -1.59. The zero-order valence-electron chi connectivity index (χ0n) is 11.4. The van der Waals surface area contributed by atoms with E-state index < -0.39 is 0 Å². The Balaban J connectivity index is 1.74. The fourth-order valence-corrected chi connectivity index (χ4v) is 2.53. The van der Waals surface area contributed by atoms with Gasteiger partial charge in [-0.05, 0) is 18.7 Å². The Kier molecular flexibility index (Phi) is 3.89. The van der Waals surface area contributed by atoms with E-state index in [9.17, 15) is 0 Å². The van der Waals surface area contributed by atoms with Crippen LogP contribution in [-0.4, -0.2) is 47.8 Å². The molecule has 3 rings (SSSR count). The van der Waals surface area contributed by atoms with E-state index in [1.807, 2.05) is 24.3 Å². The molecular formula is C14H17ClN4O. The van der Waals surface area contributed by atoms with Gasteiger partial charge in [-0.2, -0.15) is 4.98 Å². The Morgan fingerprint density at radius 1 is 1.25 bits per heavy atom. The second-order valence-electron chi connectivity index (χ2n) is 4.83. The molecule has 6 heteroatoms. The number of halogens is 1. The summed E-state index contributed by atoms with van der Waals surface area (Å²) in [5.74, 6) is 0.584. The smallest absolute Gasteiger partial charge is 0.322 e. The lowest BCUT2D eigenvalue weighted by Crippen LogP contribution is -2.46. The molecule has 0 aliphatic carbocycles. The number of anilines is 1. The lowest BCUT2D eigenvalue weighted by Gasteiger charge is -2.32. The number of rotatable bonds is 3. The third-order valence-corrected chi connectivity index (χ3v) is 3.82. The fraction of sp³-hybridized carbons (Fsp3) is 0.429. The Bertz CT molecular complexity index is 578. The van der Waals surface area contributed by atoms with Crippen LogP contribution in [0.1, 0.15) is 6.92 Å². The summed E-state index contributed by atoms with van der Waals surface area (Å²) in [4.78, 5) is 9.01. The quantitative estimate of drug-likeness (QED) is 0.870. The molecule has 0 bridgehead atoms. The summed E-state index contributed by atoms with van der Waals surface area (Å²) in [6.07, 6.45) is 0. The van der Waals surface area contributed by atoms with Crippen molar-refractivity contribution in [3.05, 3.63) is 29.3 Å². The SMILES string of the molecule is CCN1CCN(c2nc(-c3cccc(Cl)c3)no2)CC1. The fourth-order valence-electron chi connectivity index (χ4n) is 2.34. The van der Waals surface area contributed by atoms with Crippen LogP contribution in [0, 0.1) is 0 Å². The van der Waals surface area contributed by atoms with Crippen molar-refractivity contribution < 1.29 is 4.52 Å². The number of nitrogens with zero attached hydrogens (tertiary/aromatic N) is 4. The molecule has 1 saturated heterocycles. The lowest BCUT2D eigenvalue weighted by atomic mass is 10.2. The topological polar surface area (TPSA) is 45.4 Å². The van der Waals surface area contributed by atoms with Crippen LogP contribution in [0.15, 0.2) is 28.8 Å². The molecule has 0 N–H and O–H groups in total. The largest absolute Gasteiger partial charge is 0.324 e. The van der Waals surface area contributed by atoms with Gasteiger partial charge in [-0.15, -0.1) is 0 Å². The van der Waals surface area contributed by atoms with Gasteiger partial charge >= 0.3 is 6.01 Å². The Morgan fingerprint density at radius 2 is 2.05 bits per heavy atom. The average molecular weight is 293 g/mol. The van der Waals surface area contributed by atoms with Crippen molar-refractivity contribution in [2.24, 2.45) is 0 Å². The van der Waals surface area contributed by atoms with Crippen molar-refractivity contribution >= 4 is 17.6 Å². The number of benzene rings is 1. The summed E-state index contributed by atoms with van der Waals surface area (Å²) < 4.78 is 5.37. The lowest BCUT2D eigenvalue weighted by molar-refractivity contribution is 0.262. The van der Waals surface area contributed by atoms with Crippen LogP contribution in [0.4, 0.5) is 6.01 Å². The summed E-state index contributed by atoms with van der Waals surface area (Å²) in [6, 6.07) is 8.07. The van der Waals surface area contributed by atoms with Gasteiger partial charge in [-0.25, -0.2) is 0 Å². The summed E-state index contributed by atoms with van der Waals surface area (Å²) in [7, 11) is 0. The third-order valence-electron chi connectivity index (χ3n) is 3.59. The number of aromatic nitrogens is 2. The molecule has 1 aliphatic heterocycles. The van der Waals surface area contributed by atoms with Gasteiger partial charge in [0.2, 0.25) is 5.82 Å². The molecule has 106 valence electrons. The summed E-state index contributed by atoms with van der Waals surface area (Å²) >= 11 is 5.98. The minimum atomic E-state index is 0.584. The zero-order valence-corrected chi connectivity index (χ0v) is 12.2. The van der Waals surface area contributed by atoms with E-state index in [2.05, 4.69) is 26.9 Å². The number of hydrogen-bond acceptors (Lipinski definition) is 5. The maximum absolute atomic E-state index is 5.98. The molecule has 0 atom stereocenters. The van der Waals surface area contributed by atoms with Crippen LogP contribution in [0.25, 0.3) is 11.4 Å². The molecule has 0 saturated carbocycles. The van der Waals surface area contributed by atoms with Crippen molar-refractivity contribution in [1.82, 2.24) is 15.0 Å². The summed E-state index contributed by atoms with van der Waals surface area (Å²) in [5.41, 5.74) is 0.875. The van der Waals surface area contributed by atoms with Gasteiger partial charge < -0.3 is 14.3 Å². The van der Waals surface area contributed by atoms with E-state index in [1.165, 1.54) is 0 Å². The van der Waals surface area contributed by atoms with Crippen LogP contribution in [0.5, 0.6) is 0 Å². The number of likely N-dealkylation sites (N-methyl/N-ethyl adjacent to an activating group) is 1. The van der Waals surface area contributed by atoms with E-state index in [0.29, 0.717) is 16.9 Å². The molecule has 0 spiro atoms. The van der Waals surface area contributed by atoms with Gasteiger partial charge in [0.15, 0.2) is 0 Å². The normalized spacial score (nSPS) is 16.6. The molecule has 0 unspecified atom stereocenters. The highest BCUT2D eigenvalue weighted by molar-refractivity contribution is 6.30. The number of piperazine rings is 1. The first-order chi connectivity index (χ1) is 9.76. The van der Waals surface area contributed by atoms with Gasteiger partial charge in [0.25, 0.3) is 0 Å². The Labute approximate surface area is 123 Å². The van der Waals surface area contributed by atoms with Crippen LogP contribution < -0.4 is 4.90 Å². The Morgan fingerprint density at radius 3 is 2.75 bits per heavy atom. The molecule has 1 aliphatic rings. The van der Waals surface area contributed by atoms with Gasteiger partial charge in [0.1, 0.15) is 0 Å². The summed E-state index contributed by atoms with van der Waals surface area (Å²) in [5, 5.41) is 4.71. The molecule has 5 nitrogen and oxygen atoms in total. The highest BCUT2D eigenvalue weighted by Crippen LogP contribution is 2.23. The second kappa shape index (κ2) is 5.81. The van der Waals surface area contributed by atoms with E-state index in [-0.39, 0.29) is 0 Å². The molecular weight excluding hydrogens is 276 g/mol. The molecule has 1 aromatic heterocycles. The average Bonchev–Trinajstić information content (AvgIpc) is 2.97. The predicted molar refractivity (Wildman–Crippen MR) is 79.1 cm³/mol. The molecule has 2 aromatic rings. The second-order valence-corrected chi connectivity index (χ2v) is 5.27. The minimum absolute atomic E-state index is 0.584. The zero-order chi connectivity index (χ0) is 13.9. The van der Waals surface area contributed by atoms with Crippen LogP contribution in [-0.2, 0) is 0 Å². The van der Waals surface area contributed by atoms with E-state index >= 15 is 0 Å². The van der Waals surface area contributed by atoms with Gasteiger partial charge in [0.05, 0.1) is 0 Å². The van der Waals surface area contributed by atoms with Gasteiger partial charge in [-0.1, -0.05) is 35.8 Å². The molecule has 20 heavy (non-hydrogen) atoms. The standard InChI is InChI=1S/C14H17ClN4O/c1-2-18-6-8-19(9-7-18)14-16-13(17-20-14)11-4-3-5-12(15)10-11/h3-5,10H,2,6-9H2,1H3.